The van der Waals surface area contributed by atoms with E-state index in [1.807, 2.05) is 39.4 Å². The van der Waals surface area contributed by atoms with E-state index in [1.54, 1.807) is 0 Å². The van der Waals surface area contributed by atoms with Gasteiger partial charge >= 0.3 is 6.09 Å². The molecule has 2 fully saturated rings. The number of carbonyl (C=O) groups is 2. The number of hydrogen-bond acceptors (Lipinski definition) is 4. The Morgan fingerprint density at radius 3 is 2.45 bits per heavy atom. The first-order valence-corrected chi connectivity index (χ1v) is 7.23. The average molecular weight is 285 g/mol. The van der Waals surface area contributed by atoms with Crippen LogP contribution in [0.4, 0.5) is 4.79 Å². The van der Waals surface area contributed by atoms with Crippen molar-refractivity contribution < 1.29 is 19.1 Å². The monoisotopic (exact) mass is 285 g/mol. The topological polar surface area (TPSA) is 55.8 Å². The Bertz CT molecular complexity index is 339. The van der Waals surface area contributed by atoms with Gasteiger partial charge in [0.15, 0.2) is 0 Å². The second-order valence-corrected chi connectivity index (χ2v) is 6.45. The number of ether oxygens (including phenoxy) is 2. The zero-order chi connectivity index (χ0) is 15.5. The summed E-state index contributed by atoms with van der Waals surface area (Å²) in [7, 11) is 0. The van der Waals surface area contributed by atoms with Crippen LogP contribution in [0.15, 0.2) is 0 Å². The SMILES string of the molecule is C=O.CCOCC1CC2C([C@H]2C)N1C(=O)OC(C)(C)C. The molecule has 5 nitrogen and oxygen atoms in total. The Balaban J connectivity index is 0.000000956. The van der Waals surface area contributed by atoms with Gasteiger partial charge in [-0.25, -0.2) is 4.79 Å². The summed E-state index contributed by atoms with van der Waals surface area (Å²) in [6.07, 6.45) is 0.884. The molecule has 1 aliphatic heterocycles. The average Bonchev–Trinajstić information content (AvgIpc) is 2.84. The molecule has 116 valence electrons. The summed E-state index contributed by atoms with van der Waals surface area (Å²) in [6, 6.07) is 0.580. The molecule has 1 amide bonds. The first kappa shape index (κ1) is 17.0. The van der Waals surface area contributed by atoms with E-state index in [0.29, 0.717) is 31.1 Å². The Morgan fingerprint density at radius 2 is 1.95 bits per heavy atom. The number of carbonyl (C=O) groups excluding carboxylic acids is 2. The quantitative estimate of drug-likeness (QED) is 0.799. The molecule has 0 aromatic carbocycles. The van der Waals surface area contributed by atoms with Gasteiger partial charge in [0.05, 0.1) is 12.6 Å². The minimum absolute atomic E-state index is 0.177. The van der Waals surface area contributed by atoms with Gasteiger partial charge in [-0.15, -0.1) is 0 Å². The highest BCUT2D eigenvalue weighted by Gasteiger charge is 2.60. The van der Waals surface area contributed by atoms with Crippen molar-refractivity contribution in [1.82, 2.24) is 4.90 Å². The van der Waals surface area contributed by atoms with Gasteiger partial charge in [-0.05, 0) is 46.0 Å². The number of likely N-dealkylation sites (tertiary alicyclic amines) is 1. The summed E-state index contributed by atoms with van der Waals surface area (Å²) in [5, 5.41) is 0. The van der Waals surface area contributed by atoms with Gasteiger partial charge in [0.2, 0.25) is 0 Å². The van der Waals surface area contributed by atoms with Crippen molar-refractivity contribution in [3.05, 3.63) is 0 Å². The molecule has 5 heteroatoms. The zero-order valence-corrected chi connectivity index (χ0v) is 13.2. The fourth-order valence-corrected chi connectivity index (χ4v) is 2.99. The molecule has 0 bridgehead atoms. The standard InChI is InChI=1S/C14H25NO3.CH2O/c1-6-17-8-10-7-11-9(2)12(11)15(10)13(16)18-14(3,4)5;1-2/h9-12H,6-8H2,1-5H3;1H2/t9-,10?,11?,12?;/m0./s1. The van der Waals surface area contributed by atoms with Gasteiger partial charge in [0.1, 0.15) is 12.4 Å². The summed E-state index contributed by atoms with van der Waals surface area (Å²) in [5.41, 5.74) is -0.427. The van der Waals surface area contributed by atoms with E-state index < -0.39 is 5.60 Å². The maximum Gasteiger partial charge on any atom is 0.410 e. The molecule has 0 radical (unpaired) electrons. The van der Waals surface area contributed by atoms with Crippen LogP contribution in [0, 0.1) is 11.8 Å². The second kappa shape index (κ2) is 6.57. The lowest BCUT2D eigenvalue weighted by Crippen LogP contribution is -2.44. The normalized spacial score (nSPS) is 31.1. The minimum Gasteiger partial charge on any atom is -0.444 e. The van der Waals surface area contributed by atoms with Crippen LogP contribution >= 0.6 is 0 Å². The molecule has 2 aliphatic rings. The van der Waals surface area contributed by atoms with Gasteiger partial charge in [-0.3, -0.25) is 4.90 Å². The lowest BCUT2D eigenvalue weighted by atomic mass is 10.1. The number of fused-ring (bicyclic) bond motifs is 1. The molecule has 0 aromatic rings. The Labute approximate surface area is 121 Å². The largest absolute Gasteiger partial charge is 0.444 e. The molecule has 0 spiro atoms. The van der Waals surface area contributed by atoms with Crippen LogP contribution in [-0.2, 0) is 14.3 Å². The molecule has 3 unspecified atom stereocenters. The molecule has 1 saturated heterocycles. The molecule has 0 N–H and O–H groups in total. The maximum atomic E-state index is 12.3. The molecule has 20 heavy (non-hydrogen) atoms. The third-order valence-corrected chi connectivity index (χ3v) is 3.89. The molecule has 1 aliphatic carbocycles. The lowest BCUT2D eigenvalue weighted by Gasteiger charge is -2.31. The van der Waals surface area contributed by atoms with E-state index in [0.717, 1.165) is 6.42 Å². The summed E-state index contributed by atoms with van der Waals surface area (Å²) < 4.78 is 11.0. The third kappa shape index (κ3) is 3.72. The van der Waals surface area contributed by atoms with Crippen LogP contribution in [-0.4, -0.2) is 48.7 Å². The number of hydrogen-bond donors (Lipinski definition) is 0. The molecule has 1 saturated carbocycles. The first-order chi connectivity index (χ1) is 9.35. The highest BCUT2D eigenvalue weighted by molar-refractivity contribution is 5.70. The summed E-state index contributed by atoms with van der Waals surface area (Å²) in [4.78, 5) is 22.2. The summed E-state index contributed by atoms with van der Waals surface area (Å²) in [6.45, 7) is 13.3. The zero-order valence-electron chi connectivity index (χ0n) is 13.2. The van der Waals surface area contributed by atoms with Gasteiger partial charge < -0.3 is 14.3 Å². The fourth-order valence-electron chi connectivity index (χ4n) is 2.99. The van der Waals surface area contributed by atoms with Crippen molar-refractivity contribution in [1.29, 1.82) is 0 Å². The minimum atomic E-state index is -0.427. The van der Waals surface area contributed by atoms with Crippen molar-refractivity contribution in [2.75, 3.05) is 13.2 Å². The van der Waals surface area contributed by atoms with Crippen LogP contribution < -0.4 is 0 Å². The molecule has 4 atom stereocenters. The van der Waals surface area contributed by atoms with E-state index >= 15 is 0 Å². The number of rotatable bonds is 3. The van der Waals surface area contributed by atoms with E-state index in [-0.39, 0.29) is 12.1 Å². The van der Waals surface area contributed by atoms with E-state index in [4.69, 9.17) is 14.3 Å². The van der Waals surface area contributed by atoms with Crippen LogP contribution in [0.2, 0.25) is 0 Å². The van der Waals surface area contributed by atoms with Gasteiger partial charge in [0.25, 0.3) is 0 Å². The Kier molecular flexibility index (Phi) is 5.57. The first-order valence-electron chi connectivity index (χ1n) is 7.23. The highest BCUT2D eigenvalue weighted by atomic mass is 16.6. The smallest absolute Gasteiger partial charge is 0.410 e. The van der Waals surface area contributed by atoms with Crippen molar-refractivity contribution >= 4 is 12.9 Å². The number of amides is 1. The third-order valence-electron chi connectivity index (χ3n) is 3.89. The fraction of sp³-hybridized carbons (Fsp3) is 0.867. The van der Waals surface area contributed by atoms with Crippen LogP contribution in [0.5, 0.6) is 0 Å². The van der Waals surface area contributed by atoms with Crippen LogP contribution in [0.3, 0.4) is 0 Å². The van der Waals surface area contributed by atoms with Crippen LogP contribution in [0.25, 0.3) is 0 Å². The van der Waals surface area contributed by atoms with Crippen molar-refractivity contribution in [2.24, 2.45) is 11.8 Å². The maximum absolute atomic E-state index is 12.3. The van der Waals surface area contributed by atoms with Gasteiger partial charge in [-0.2, -0.15) is 0 Å². The van der Waals surface area contributed by atoms with E-state index in [2.05, 4.69) is 6.92 Å². The van der Waals surface area contributed by atoms with Gasteiger partial charge in [-0.1, -0.05) is 6.92 Å². The molecular formula is C15H27NO4. The van der Waals surface area contributed by atoms with E-state index in [1.165, 1.54) is 0 Å². The van der Waals surface area contributed by atoms with Gasteiger partial charge in [0, 0.05) is 12.6 Å². The second-order valence-electron chi connectivity index (χ2n) is 6.45. The lowest BCUT2D eigenvalue weighted by molar-refractivity contribution is -0.0980. The molecule has 0 aromatic heterocycles. The Hall–Kier alpha value is -1.10. The highest BCUT2D eigenvalue weighted by Crippen LogP contribution is 2.53. The molecular weight excluding hydrogens is 258 g/mol. The van der Waals surface area contributed by atoms with Crippen molar-refractivity contribution in [3.8, 4) is 0 Å². The molecule has 2 rings (SSSR count). The predicted octanol–water partition coefficient (Wildman–Crippen LogP) is 2.48. The number of piperidine rings is 1. The van der Waals surface area contributed by atoms with Crippen LogP contribution in [0.1, 0.15) is 41.0 Å². The number of nitrogens with zero attached hydrogens (tertiary/aromatic N) is 1. The van der Waals surface area contributed by atoms with E-state index in [9.17, 15) is 4.79 Å². The summed E-state index contributed by atoms with van der Waals surface area (Å²) >= 11 is 0. The molecule has 1 heterocycles. The predicted molar refractivity (Wildman–Crippen MR) is 76.5 cm³/mol. The van der Waals surface area contributed by atoms with Crippen molar-refractivity contribution in [2.45, 2.75) is 58.7 Å². The summed E-state index contributed by atoms with van der Waals surface area (Å²) in [5.74, 6) is 1.28. The Morgan fingerprint density at radius 1 is 1.35 bits per heavy atom. The van der Waals surface area contributed by atoms with Crippen molar-refractivity contribution in [3.63, 3.8) is 0 Å².